The molecule has 1 saturated carbocycles. The normalized spacial score (nSPS) is 31.3. The third-order valence-corrected chi connectivity index (χ3v) is 4.74. The van der Waals surface area contributed by atoms with Crippen molar-refractivity contribution in [2.45, 2.75) is 50.6 Å². The molecule has 19 heavy (non-hydrogen) atoms. The summed E-state index contributed by atoms with van der Waals surface area (Å²) in [4.78, 5) is 4.15. The van der Waals surface area contributed by atoms with E-state index < -0.39 is 0 Å². The summed E-state index contributed by atoms with van der Waals surface area (Å²) in [7, 11) is 0. The second-order valence-corrected chi connectivity index (χ2v) is 6.16. The van der Waals surface area contributed by atoms with Crippen LogP contribution >= 0.6 is 11.6 Å². The van der Waals surface area contributed by atoms with Crippen molar-refractivity contribution in [2.24, 2.45) is 5.92 Å². The van der Waals surface area contributed by atoms with Gasteiger partial charge in [-0.1, -0.05) is 24.4 Å². The highest BCUT2D eigenvalue weighted by Gasteiger charge is 2.34. The van der Waals surface area contributed by atoms with E-state index in [2.05, 4.69) is 15.6 Å². The third-order valence-electron chi connectivity index (χ3n) is 4.51. The van der Waals surface area contributed by atoms with E-state index in [0.717, 1.165) is 11.6 Å². The zero-order valence-electron chi connectivity index (χ0n) is 11.2. The van der Waals surface area contributed by atoms with Gasteiger partial charge in [0, 0.05) is 12.1 Å². The number of halogens is 1. The summed E-state index contributed by atoms with van der Waals surface area (Å²) in [5, 5.41) is 7.92. The van der Waals surface area contributed by atoms with E-state index in [9.17, 15) is 0 Å². The minimum Gasteiger partial charge on any atom is -0.381 e. The number of rotatable bonds is 3. The Hall–Kier alpha value is -0.800. The molecule has 2 aliphatic rings. The van der Waals surface area contributed by atoms with Gasteiger partial charge in [-0.25, -0.2) is 4.98 Å². The molecule has 3 rings (SSSR count). The monoisotopic (exact) mass is 279 g/mol. The lowest BCUT2D eigenvalue weighted by atomic mass is 9.88. The van der Waals surface area contributed by atoms with Crippen molar-refractivity contribution in [1.29, 1.82) is 0 Å². The Morgan fingerprint density at radius 2 is 2.11 bits per heavy atom. The second kappa shape index (κ2) is 6.10. The molecule has 1 saturated heterocycles. The number of nitrogens with zero attached hydrogens (tertiary/aromatic N) is 1. The molecule has 1 aromatic rings. The van der Waals surface area contributed by atoms with E-state index in [0.29, 0.717) is 17.2 Å². The van der Waals surface area contributed by atoms with Gasteiger partial charge in [0.2, 0.25) is 0 Å². The summed E-state index contributed by atoms with van der Waals surface area (Å²) >= 11 is 5.83. The molecule has 0 radical (unpaired) electrons. The fourth-order valence-corrected chi connectivity index (χ4v) is 3.68. The van der Waals surface area contributed by atoms with Crippen LogP contribution in [0.1, 0.15) is 38.5 Å². The van der Waals surface area contributed by atoms with Crippen LogP contribution < -0.4 is 10.6 Å². The molecular weight excluding hydrogens is 258 g/mol. The summed E-state index contributed by atoms with van der Waals surface area (Å²) in [5.41, 5.74) is 1.09. The lowest BCUT2D eigenvalue weighted by Crippen LogP contribution is -2.44. The van der Waals surface area contributed by atoms with E-state index >= 15 is 0 Å². The van der Waals surface area contributed by atoms with Crippen molar-refractivity contribution < 1.29 is 0 Å². The van der Waals surface area contributed by atoms with Crippen molar-refractivity contribution in [2.75, 3.05) is 11.9 Å². The number of hydrogen-bond donors (Lipinski definition) is 2. The number of hydrogen-bond acceptors (Lipinski definition) is 3. The van der Waals surface area contributed by atoms with E-state index in [1.54, 1.807) is 0 Å². The molecule has 0 bridgehead atoms. The van der Waals surface area contributed by atoms with Crippen molar-refractivity contribution in [3.63, 3.8) is 0 Å². The van der Waals surface area contributed by atoms with Crippen LogP contribution in [0.25, 0.3) is 0 Å². The van der Waals surface area contributed by atoms with Crippen LogP contribution in [0.2, 0.25) is 5.15 Å². The zero-order valence-corrected chi connectivity index (χ0v) is 12.0. The molecule has 3 atom stereocenters. The van der Waals surface area contributed by atoms with Gasteiger partial charge < -0.3 is 10.6 Å². The van der Waals surface area contributed by atoms with Crippen LogP contribution in [-0.2, 0) is 0 Å². The molecule has 1 aliphatic carbocycles. The van der Waals surface area contributed by atoms with Crippen LogP contribution in [0, 0.1) is 5.92 Å². The van der Waals surface area contributed by atoms with Gasteiger partial charge in [0.1, 0.15) is 5.15 Å². The van der Waals surface area contributed by atoms with Crippen molar-refractivity contribution in [3.8, 4) is 0 Å². The van der Waals surface area contributed by atoms with Crippen LogP contribution in [0.4, 0.5) is 5.69 Å². The summed E-state index contributed by atoms with van der Waals surface area (Å²) in [6.45, 7) is 1.19. The van der Waals surface area contributed by atoms with Crippen LogP contribution in [-0.4, -0.2) is 23.6 Å². The summed E-state index contributed by atoms with van der Waals surface area (Å²) in [5.74, 6) is 0.760. The van der Waals surface area contributed by atoms with E-state index in [-0.39, 0.29) is 0 Å². The standard InChI is InChI=1S/C15H22ClN3/c16-15-8-7-11(10-18-15)19-14-6-3-4-12(14)13-5-1-2-9-17-13/h7-8,10,12-14,17,19H,1-6,9H2. The maximum absolute atomic E-state index is 5.83. The van der Waals surface area contributed by atoms with Gasteiger partial charge in [-0.2, -0.15) is 0 Å². The zero-order chi connectivity index (χ0) is 13.1. The lowest BCUT2D eigenvalue weighted by Gasteiger charge is -2.33. The highest BCUT2D eigenvalue weighted by molar-refractivity contribution is 6.29. The molecule has 4 heteroatoms. The SMILES string of the molecule is Clc1ccc(NC2CCCC2C2CCCCN2)cn1. The van der Waals surface area contributed by atoms with Gasteiger partial charge in [0.25, 0.3) is 0 Å². The van der Waals surface area contributed by atoms with Crippen LogP contribution in [0.15, 0.2) is 18.3 Å². The molecule has 2 heterocycles. The predicted molar refractivity (Wildman–Crippen MR) is 79.6 cm³/mol. The Kier molecular flexibility index (Phi) is 4.24. The lowest BCUT2D eigenvalue weighted by molar-refractivity contribution is 0.286. The summed E-state index contributed by atoms with van der Waals surface area (Å²) in [6.07, 6.45) is 9.84. The molecule has 0 spiro atoms. The third kappa shape index (κ3) is 3.21. The average Bonchev–Trinajstić information content (AvgIpc) is 2.90. The van der Waals surface area contributed by atoms with E-state index in [1.165, 1.54) is 45.1 Å². The summed E-state index contributed by atoms with van der Waals surface area (Å²) in [6, 6.07) is 5.17. The average molecular weight is 280 g/mol. The number of piperidine rings is 1. The minimum absolute atomic E-state index is 0.558. The first-order chi connectivity index (χ1) is 9.33. The van der Waals surface area contributed by atoms with Gasteiger partial charge in [-0.15, -0.1) is 0 Å². The number of pyridine rings is 1. The first kappa shape index (κ1) is 13.2. The fraction of sp³-hybridized carbons (Fsp3) is 0.667. The molecule has 1 aliphatic heterocycles. The van der Waals surface area contributed by atoms with Crippen molar-refractivity contribution in [3.05, 3.63) is 23.5 Å². The van der Waals surface area contributed by atoms with Crippen LogP contribution in [0.3, 0.4) is 0 Å². The van der Waals surface area contributed by atoms with Gasteiger partial charge in [-0.3, -0.25) is 0 Å². The Morgan fingerprint density at radius 1 is 1.16 bits per heavy atom. The van der Waals surface area contributed by atoms with Crippen LogP contribution in [0.5, 0.6) is 0 Å². The van der Waals surface area contributed by atoms with E-state index in [1.807, 2.05) is 18.3 Å². The second-order valence-electron chi connectivity index (χ2n) is 5.77. The first-order valence-corrected chi connectivity index (χ1v) is 7.82. The first-order valence-electron chi connectivity index (χ1n) is 7.44. The number of nitrogens with one attached hydrogen (secondary N) is 2. The molecule has 2 N–H and O–H groups in total. The predicted octanol–water partition coefficient (Wildman–Crippen LogP) is 3.46. The fourth-order valence-electron chi connectivity index (χ4n) is 3.57. The molecule has 1 aromatic heterocycles. The Morgan fingerprint density at radius 3 is 2.84 bits per heavy atom. The van der Waals surface area contributed by atoms with Gasteiger partial charge in [0.05, 0.1) is 11.9 Å². The molecular formula is C15H22ClN3. The maximum atomic E-state index is 5.83. The minimum atomic E-state index is 0.558. The smallest absolute Gasteiger partial charge is 0.129 e. The van der Waals surface area contributed by atoms with Gasteiger partial charge >= 0.3 is 0 Å². The molecule has 3 unspecified atom stereocenters. The quantitative estimate of drug-likeness (QED) is 0.832. The van der Waals surface area contributed by atoms with Gasteiger partial charge in [0.15, 0.2) is 0 Å². The van der Waals surface area contributed by atoms with Crippen molar-refractivity contribution >= 4 is 17.3 Å². The highest BCUT2D eigenvalue weighted by atomic mass is 35.5. The molecule has 104 valence electrons. The number of aromatic nitrogens is 1. The highest BCUT2D eigenvalue weighted by Crippen LogP contribution is 2.33. The molecule has 2 fully saturated rings. The number of anilines is 1. The maximum Gasteiger partial charge on any atom is 0.129 e. The Balaban J connectivity index is 1.64. The Labute approximate surface area is 120 Å². The van der Waals surface area contributed by atoms with Gasteiger partial charge in [-0.05, 0) is 50.3 Å². The molecule has 0 amide bonds. The molecule has 0 aromatic carbocycles. The van der Waals surface area contributed by atoms with E-state index in [4.69, 9.17) is 11.6 Å². The topological polar surface area (TPSA) is 37.0 Å². The summed E-state index contributed by atoms with van der Waals surface area (Å²) < 4.78 is 0. The Bertz CT molecular complexity index is 400. The molecule has 3 nitrogen and oxygen atoms in total. The largest absolute Gasteiger partial charge is 0.381 e. The van der Waals surface area contributed by atoms with Crippen molar-refractivity contribution in [1.82, 2.24) is 10.3 Å².